The minimum absolute atomic E-state index is 0.769. The Bertz CT molecular complexity index is 773. The first-order valence-corrected chi connectivity index (χ1v) is 8.41. The highest BCUT2D eigenvalue weighted by Crippen LogP contribution is 2.31. The van der Waals surface area contributed by atoms with E-state index in [1.54, 1.807) is 25.1 Å². The van der Waals surface area contributed by atoms with E-state index in [-0.39, 0.29) is 0 Å². The maximum Gasteiger partial charge on any atom is 0.191 e. The van der Waals surface area contributed by atoms with Gasteiger partial charge in [-0.2, -0.15) is 0 Å². The van der Waals surface area contributed by atoms with Crippen LogP contribution in [0.15, 0.2) is 53.8 Å². The van der Waals surface area contributed by atoms with Crippen LogP contribution in [0.25, 0.3) is 11.4 Å². The molecule has 0 atom stereocenters. The zero-order valence-corrected chi connectivity index (χ0v) is 14.0. The Hall–Kier alpha value is -2.34. The van der Waals surface area contributed by atoms with E-state index < -0.39 is 0 Å². The molecule has 6 heteroatoms. The van der Waals surface area contributed by atoms with Crippen molar-refractivity contribution in [2.24, 2.45) is 0 Å². The molecule has 0 N–H and O–H groups in total. The SMILES string of the molecule is CCn1c(SCc2ccccn2)nnc1-c1ccccc1OC. The fourth-order valence-corrected chi connectivity index (χ4v) is 3.25. The Morgan fingerprint density at radius 2 is 1.91 bits per heavy atom. The van der Waals surface area contributed by atoms with Crippen LogP contribution in [0.2, 0.25) is 0 Å². The number of hydrogen-bond acceptors (Lipinski definition) is 5. The van der Waals surface area contributed by atoms with E-state index in [9.17, 15) is 0 Å². The minimum atomic E-state index is 0.769. The van der Waals surface area contributed by atoms with E-state index in [0.29, 0.717) is 0 Å². The molecular weight excluding hydrogens is 308 g/mol. The standard InChI is InChI=1S/C17H18N4OS/c1-3-21-16(14-9-4-5-10-15(14)22-2)19-20-17(21)23-12-13-8-6-7-11-18-13/h4-11H,3,12H2,1-2H3. The van der Waals surface area contributed by atoms with E-state index >= 15 is 0 Å². The molecule has 0 fully saturated rings. The van der Waals surface area contributed by atoms with Gasteiger partial charge in [-0.25, -0.2) is 0 Å². The van der Waals surface area contributed by atoms with E-state index in [1.807, 2.05) is 42.5 Å². The molecule has 23 heavy (non-hydrogen) atoms. The van der Waals surface area contributed by atoms with Gasteiger partial charge in [-0.1, -0.05) is 30.0 Å². The van der Waals surface area contributed by atoms with E-state index in [0.717, 1.165) is 40.3 Å². The third kappa shape index (κ3) is 3.37. The van der Waals surface area contributed by atoms with Gasteiger partial charge in [-0.3, -0.25) is 4.98 Å². The lowest BCUT2D eigenvalue weighted by Crippen LogP contribution is -2.01. The van der Waals surface area contributed by atoms with Crippen molar-refractivity contribution in [3.05, 3.63) is 54.4 Å². The third-order valence-electron chi connectivity index (χ3n) is 3.46. The van der Waals surface area contributed by atoms with Gasteiger partial charge in [0.15, 0.2) is 11.0 Å². The van der Waals surface area contributed by atoms with Crippen molar-refractivity contribution >= 4 is 11.8 Å². The molecule has 0 radical (unpaired) electrons. The predicted molar refractivity (Wildman–Crippen MR) is 91.5 cm³/mol. The molecule has 0 spiro atoms. The highest BCUT2D eigenvalue weighted by atomic mass is 32.2. The molecule has 3 rings (SSSR count). The number of nitrogens with zero attached hydrogens (tertiary/aromatic N) is 4. The molecule has 5 nitrogen and oxygen atoms in total. The summed E-state index contributed by atoms with van der Waals surface area (Å²) in [6.45, 7) is 2.89. The van der Waals surface area contributed by atoms with Crippen LogP contribution < -0.4 is 4.74 Å². The number of rotatable bonds is 6. The van der Waals surface area contributed by atoms with Crippen molar-refractivity contribution in [1.82, 2.24) is 19.7 Å². The second-order valence-corrected chi connectivity index (χ2v) is 5.80. The van der Waals surface area contributed by atoms with Crippen LogP contribution in [0.3, 0.4) is 0 Å². The number of thioether (sulfide) groups is 1. The molecule has 118 valence electrons. The highest BCUT2D eigenvalue weighted by Gasteiger charge is 2.16. The molecule has 2 aromatic heterocycles. The molecule has 0 unspecified atom stereocenters. The summed E-state index contributed by atoms with van der Waals surface area (Å²) in [6.07, 6.45) is 1.81. The van der Waals surface area contributed by atoms with Gasteiger partial charge in [0.2, 0.25) is 0 Å². The van der Waals surface area contributed by atoms with Crippen LogP contribution in [-0.2, 0) is 12.3 Å². The van der Waals surface area contributed by atoms with Gasteiger partial charge in [0.25, 0.3) is 0 Å². The summed E-state index contributed by atoms with van der Waals surface area (Å²) < 4.78 is 7.54. The molecule has 0 aliphatic carbocycles. The van der Waals surface area contributed by atoms with E-state index in [4.69, 9.17) is 4.74 Å². The fraction of sp³-hybridized carbons (Fsp3) is 0.235. The Morgan fingerprint density at radius 3 is 2.65 bits per heavy atom. The fourth-order valence-electron chi connectivity index (χ4n) is 2.33. The predicted octanol–water partition coefficient (Wildman–Crippen LogP) is 3.66. The van der Waals surface area contributed by atoms with Crippen molar-refractivity contribution in [2.45, 2.75) is 24.4 Å². The van der Waals surface area contributed by atoms with Crippen LogP contribution in [-0.4, -0.2) is 26.9 Å². The summed E-state index contributed by atoms with van der Waals surface area (Å²) in [6, 6.07) is 13.8. The third-order valence-corrected chi connectivity index (χ3v) is 4.46. The van der Waals surface area contributed by atoms with E-state index in [1.165, 1.54) is 0 Å². The van der Waals surface area contributed by atoms with Gasteiger partial charge in [0.1, 0.15) is 5.75 Å². The number of aromatic nitrogens is 4. The van der Waals surface area contributed by atoms with Gasteiger partial charge in [-0.05, 0) is 31.2 Å². The van der Waals surface area contributed by atoms with Gasteiger partial charge < -0.3 is 9.30 Å². The van der Waals surface area contributed by atoms with Gasteiger partial charge >= 0.3 is 0 Å². The maximum absolute atomic E-state index is 5.44. The van der Waals surface area contributed by atoms with Gasteiger partial charge in [0.05, 0.1) is 18.4 Å². The van der Waals surface area contributed by atoms with Crippen LogP contribution >= 0.6 is 11.8 Å². The lowest BCUT2D eigenvalue weighted by molar-refractivity contribution is 0.416. The lowest BCUT2D eigenvalue weighted by atomic mass is 10.2. The van der Waals surface area contributed by atoms with Crippen molar-refractivity contribution in [1.29, 1.82) is 0 Å². The molecule has 3 aromatic rings. The summed E-state index contributed by atoms with van der Waals surface area (Å²) >= 11 is 1.64. The minimum Gasteiger partial charge on any atom is -0.496 e. The Kier molecular flexibility index (Phi) is 4.92. The van der Waals surface area contributed by atoms with Gasteiger partial charge in [-0.15, -0.1) is 10.2 Å². The van der Waals surface area contributed by atoms with Crippen molar-refractivity contribution < 1.29 is 4.74 Å². The number of benzene rings is 1. The molecule has 0 saturated carbocycles. The normalized spacial score (nSPS) is 10.7. The smallest absolute Gasteiger partial charge is 0.191 e. The second-order valence-electron chi connectivity index (χ2n) is 4.86. The molecule has 0 saturated heterocycles. The molecule has 1 aromatic carbocycles. The average Bonchev–Trinajstić information content (AvgIpc) is 3.03. The maximum atomic E-state index is 5.44. The van der Waals surface area contributed by atoms with Crippen molar-refractivity contribution in [3.8, 4) is 17.1 Å². The van der Waals surface area contributed by atoms with E-state index in [2.05, 4.69) is 26.7 Å². The van der Waals surface area contributed by atoms with Crippen LogP contribution in [0.5, 0.6) is 5.75 Å². The molecule has 2 heterocycles. The van der Waals surface area contributed by atoms with Crippen molar-refractivity contribution in [3.63, 3.8) is 0 Å². The van der Waals surface area contributed by atoms with Crippen LogP contribution in [0, 0.1) is 0 Å². The molecule has 0 aliphatic heterocycles. The summed E-state index contributed by atoms with van der Waals surface area (Å²) in [5, 5.41) is 9.60. The number of para-hydroxylation sites is 1. The average molecular weight is 326 g/mol. The summed E-state index contributed by atoms with van der Waals surface area (Å²) in [5.41, 5.74) is 1.98. The number of ether oxygens (including phenoxy) is 1. The zero-order valence-electron chi connectivity index (χ0n) is 13.1. The van der Waals surface area contributed by atoms with Crippen molar-refractivity contribution in [2.75, 3.05) is 7.11 Å². The summed E-state index contributed by atoms with van der Waals surface area (Å²) in [7, 11) is 1.67. The zero-order chi connectivity index (χ0) is 16.1. The first-order chi connectivity index (χ1) is 11.3. The summed E-state index contributed by atoms with van der Waals surface area (Å²) in [5.74, 6) is 2.40. The molecule has 0 bridgehead atoms. The Morgan fingerprint density at radius 1 is 1.09 bits per heavy atom. The quantitative estimate of drug-likeness (QED) is 0.647. The Labute approximate surface area is 139 Å². The molecule has 0 amide bonds. The monoisotopic (exact) mass is 326 g/mol. The van der Waals surface area contributed by atoms with Crippen LogP contribution in [0.1, 0.15) is 12.6 Å². The van der Waals surface area contributed by atoms with Gasteiger partial charge in [0, 0.05) is 18.5 Å². The summed E-state index contributed by atoms with van der Waals surface area (Å²) in [4.78, 5) is 4.34. The Balaban J connectivity index is 1.88. The lowest BCUT2D eigenvalue weighted by Gasteiger charge is -2.10. The topological polar surface area (TPSA) is 52.8 Å². The first-order valence-electron chi connectivity index (χ1n) is 7.42. The number of methoxy groups -OCH3 is 1. The number of hydrogen-bond donors (Lipinski definition) is 0. The first kappa shape index (κ1) is 15.6. The highest BCUT2D eigenvalue weighted by molar-refractivity contribution is 7.98. The molecule has 0 aliphatic rings. The second kappa shape index (κ2) is 7.28. The van der Waals surface area contributed by atoms with Crippen LogP contribution in [0.4, 0.5) is 0 Å². The largest absolute Gasteiger partial charge is 0.496 e. The number of pyridine rings is 1. The molecular formula is C17H18N4OS.